The fourth-order valence-corrected chi connectivity index (χ4v) is 6.22. The molecule has 36 heavy (non-hydrogen) atoms. The van der Waals surface area contributed by atoms with E-state index in [9.17, 15) is 14.7 Å². The van der Waals surface area contributed by atoms with Crippen LogP contribution in [0.15, 0.2) is 60.1 Å². The molecule has 2 N–H and O–H groups in total. The second kappa shape index (κ2) is 9.90. The number of benzene rings is 2. The maximum Gasteiger partial charge on any atom is 0.335 e. The number of nitrogens with one attached hydrogen (secondary N) is 1. The fourth-order valence-electron chi connectivity index (χ4n) is 5.50. The second-order valence-electron chi connectivity index (χ2n) is 10.1. The molecule has 2 heterocycles. The number of hydrogen-bond donors (Lipinski definition) is 2. The molecule has 1 saturated carbocycles. The predicted octanol–water partition coefficient (Wildman–Crippen LogP) is 6.56. The Kier molecular flexibility index (Phi) is 6.67. The maximum absolute atomic E-state index is 13.5. The van der Waals surface area contributed by atoms with Crippen molar-refractivity contribution in [1.82, 2.24) is 14.9 Å². The average molecular weight is 502 g/mol. The number of rotatable bonds is 7. The summed E-state index contributed by atoms with van der Waals surface area (Å²) in [6.07, 6.45) is 7.55. The van der Waals surface area contributed by atoms with Crippen molar-refractivity contribution in [1.29, 1.82) is 0 Å². The molecule has 0 spiro atoms. The van der Waals surface area contributed by atoms with E-state index in [1.807, 2.05) is 48.1 Å². The van der Waals surface area contributed by atoms with Crippen molar-refractivity contribution in [3.8, 4) is 11.3 Å². The van der Waals surface area contributed by atoms with Crippen molar-refractivity contribution in [2.24, 2.45) is 0 Å². The highest BCUT2D eigenvalue weighted by atomic mass is 32.1. The molecule has 1 amide bonds. The van der Waals surface area contributed by atoms with Crippen molar-refractivity contribution >= 4 is 34.1 Å². The number of aromatic carboxylic acids is 1. The van der Waals surface area contributed by atoms with Crippen LogP contribution in [-0.4, -0.2) is 26.5 Å². The minimum absolute atomic E-state index is 0.0886. The summed E-state index contributed by atoms with van der Waals surface area (Å²) in [5.41, 5.74) is 3.69. The first kappa shape index (κ1) is 24.3. The van der Waals surface area contributed by atoms with Gasteiger partial charge in [0.15, 0.2) is 0 Å². The minimum atomic E-state index is -0.973. The highest BCUT2D eigenvalue weighted by Crippen LogP contribution is 2.44. The van der Waals surface area contributed by atoms with Crippen LogP contribution in [-0.2, 0) is 16.9 Å². The van der Waals surface area contributed by atoms with Crippen LogP contribution in [0.2, 0.25) is 0 Å². The predicted molar refractivity (Wildman–Crippen MR) is 143 cm³/mol. The van der Waals surface area contributed by atoms with Crippen LogP contribution in [0.25, 0.3) is 22.2 Å². The molecule has 5 rings (SSSR count). The summed E-state index contributed by atoms with van der Waals surface area (Å²) >= 11 is 1.51. The number of carboxylic acids is 1. The summed E-state index contributed by atoms with van der Waals surface area (Å²) in [5.74, 6) is -0.733. The number of aromatic nitrogens is 2. The molecule has 0 aliphatic heterocycles. The van der Waals surface area contributed by atoms with Crippen molar-refractivity contribution in [3.63, 3.8) is 0 Å². The number of carbonyl (C=O) groups is 2. The molecule has 0 unspecified atom stereocenters. The highest BCUT2D eigenvalue weighted by Gasteiger charge is 2.30. The van der Waals surface area contributed by atoms with Crippen LogP contribution in [0.3, 0.4) is 0 Å². The number of nitrogens with zero attached hydrogens (tertiary/aromatic N) is 2. The highest BCUT2D eigenvalue weighted by molar-refractivity contribution is 7.09. The summed E-state index contributed by atoms with van der Waals surface area (Å²) in [5, 5.41) is 16.7. The lowest BCUT2D eigenvalue weighted by molar-refractivity contribution is -0.123. The van der Waals surface area contributed by atoms with Gasteiger partial charge in [-0.25, -0.2) is 9.78 Å². The Morgan fingerprint density at radius 2 is 1.86 bits per heavy atom. The summed E-state index contributed by atoms with van der Waals surface area (Å²) in [6, 6.07) is 15.5. The average Bonchev–Trinajstić information content (AvgIpc) is 3.52. The van der Waals surface area contributed by atoms with Gasteiger partial charge in [-0.2, -0.15) is 0 Å². The zero-order valence-electron chi connectivity index (χ0n) is 20.7. The topological polar surface area (TPSA) is 84.2 Å². The summed E-state index contributed by atoms with van der Waals surface area (Å²) in [7, 11) is 0. The van der Waals surface area contributed by atoms with E-state index in [1.54, 1.807) is 18.3 Å². The van der Waals surface area contributed by atoms with Gasteiger partial charge >= 0.3 is 5.97 Å². The van der Waals surface area contributed by atoms with Gasteiger partial charge in [-0.3, -0.25) is 4.79 Å². The van der Waals surface area contributed by atoms with Gasteiger partial charge < -0.3 is 15.0 Å². The third-order valence-electron chi connectivity index (χ3n) is 7.13. The summed E-state index contributed by atoms with van der Waals surface area (Å²) < 4.78 is 2.02. The van der Waals surface area contributed by atoms with Crippen molar-refractivity contribution < 1.29 is 14.7 Å². The quantitative estimate of drug-likeness (QED) is 0.300. The molecule has 186 valence electrons. The van der Waals surface area contributed by atoms with Gasteiger partial charge in [0.2, 0.25) is 5.91 Å². The lowest BCUT2D eigenvalue weighted by Crippen LogP contribution is -2.42. The van der Waals surface area contributed by atoms with E-state index in [-0.39, 0.29) is 18.0 Å². The van der Waals surface area contributed by atoms with Gasteiger partial charge in [0.1, 0.15) is 11.6 Å². The van der Waals surface area contributed by atoms with Crippen LogP contribution < -0.4 is 5.32 Å². The molecule has 0 atom stereocenters. The first-order valence-electron chi connectivity index (χ1n) is 12.5. The lowest BCUT2D eigenvalue weighted by atomic mass is 9.82. The third kappa shape index (κ3) is 4.67. The molecule has 0 saturated heterocycles. The first-order valence-corrected chi connectivity index (χ1v) is 13.4. The Morgan fingerprint density at radius 1 is 1.11 bits per heavy atom. The van der Waals surface area contributed by atoms with E-state index >= 15 is 0 Å². The number of fused-ring (bicyclic) bond motifs is 1. The molecule has 1 aliphatic rings. The summed E-state index contributed by atoms with van der Waals surface area (Å²) in [6.45, 7) is 3.99. The second-order valence-corrected chi connectivity index (χ2v) is 11.0. The van der Waals surface area contributed by atoms with Gasteiger partial charge in [-0.05, 0) is 55.9 Å². The number of thiazole rings is 1. The normalized spacial score (nSPS) is 14.7. The van der Waals surface area contributed by atoms with E-state index in [2.05, 4.69) is 22.4 Å². The van der Waals surface area contributed by atoms with E-state index < -0.39 is 11.5 Å². The smallest absolute Gasteiger partial charge is 0.335 e. The number of amides is 1. The zero-order valence-corrected chi connectivity index (χ0v) is 21.5. The number of carbonyl (C=O) groups excluding carboxylic acids is 1. The van der Waals surface area contributed by atoms with Crippen molar-refractivity contribution in [2.75, 3.05) is 0 Å². The Labute approximate surface area is 215 Å². The molecule has 4 aromatic rings. The monoisotopic (exact) mass is 501 g/mol. The van der Waals surface area contributed by atoms with Gasteiger partial charge in [0.25, 0.3) is 0 Å². The van der Waals surface area contributed by atoms with Crippen LogP contribution in [0.4, 0.5) is 0 Å². The SMILES string of the molecule is CC(C)(NC(=O)Cn1c(-c2ccccc2)c(C2CCCCC2)c2ccc(C(=O)O)cc21)c1nccs1. The minimum Gasteiger partial charge on any atom is -0.478 e. The van der Waals surface area contributed by atoms with Crippen molar-refractivity contribution in [2.45, 2.75) is 64.0 Å². The number of hydrogen-bond acceptors (Lipinski definition) is 4. The van der Waals surface area contributed by atoms with Crippen LogP contribution in [0.5, 0.6) is 0 Å². The van der Waals surface area contributed by atoms with Crippen LogP contribution >= 0.6 is 11.3 Å². The molecular formula is C29H31N3O3S. The largest absolute Gasteiger partial charge is 0.478 e. The van der Waals surface area contributed by atoms with Crippen LogP contribution in [0, 0.1) is 0 Å². The van der Waals surface area contributed by atoms with Crippen LogP contribution in [0.1, 0.15) is 72.8 Å². The molecule has 1 aliphatic carbocycles. The van der Waals surface area contributed by atoms with E-state index in [0.717, 1.165) is 40.0 Å². The first-order chi connectivity index (χ1) is 17.3. The summed E-state index contributed by atoms with van der Waals surface area (Å²) in [4.78, 5) is 29.7. The lowest BCUT2D eigenvalue weighted by Gasteiger charge is -2.25. The Bertz CT molecular complexity index is 1380. The molecule has 0 bridgehead atoms. The molecule has 2 aromatic carbocycles. The fraction of sp³-hybridized carbons (Fsp3) is 0.345. The number of carboxylic acid groups (broad SMARTS) is 1. The zero-order chi connectivity index (χ0) is 25.3. The van der Waals surface area contributed by atoms with E-state index in [4.69, 9.17) is 0 Å². The molecule has 6 nitrogen and oxygen atoms in total. The third-order valence-corrected chi connectivity index (χ3v) is 8.23. The van der Waals surface area contributed by atoms with Crippen molar-refractivity contribution in [3.05, 3.63) is 76.2 Å². The van der Waals surface area contributed by atoms with E-state index in [0.29, 0.717) is 5.92 Å². The molecule has 1 fully saturated rings. The van der Waals surface area contributed by atoms with Gasteiger partial charge in [0, 0.05) is 17.0 Å². The Morgan fingerprint density at radius 3 is 2.53 bits per heavy atom. The Hall–Kier alpha value is -3.45. The molecule has 2 aromatic heterocycles. The van der Waals surface area contributed by atoms with E-state index in [1.165, 1.54) is 36.2 Å². The molecule has 0 radical (unpaired) electrons. The maximum atomic E-state index is 13.5. The molecular weight excluding hydrogens is 470 g/mol. The van der Waals surface area contributed by atoms with Gasteiger partial charge in [0.05, 0.1) is 22.3 Å². The Balaban J connectivity index is 1.66. The van der Waals surface area contributed by atoms with Gasteiger partial charge in [-0.1, -0.05) is 55.7 Å². The van der Waals surface area contributed by atoms with Gasteiger partial charge in [-0.15, -0.1) is 11.3 Å². The molecule has 7 heteroatoms. The standard InChI is InChI=1S/C29H31N3O3S/c1-29(2,28-30-15-16-36-28)31-24(33)18-32-23-17-21(27(34)35)13-14-22(23)25(19-9-5-3-6-10-19)26(32)20-11-7-4-8-12-20/h4,7-8,11-17,19H,3,5-6,9-10,18H2,1-2H3,(H,31,33)(H,34,35).